The second-order valence-electron chi connectivity index (χ2n) is 7.59. The minimum Gasteiger partial charge on any atom is -0.493 e. The molecule has 0 aliphatic rings. The Bertz CT molecular complexity index is 1410. The zero-order chi connectivity index (χ0) is 24.9. The van der Waals surface area contributed by atoms with Gasteiger partial charge in [-0.15, -0.1) is 0 Å². The first-order chi connectivity index (χ1) is 16.9. The van der Waals surface area contributed by atoms with Crippen molar-refractivity contribution in [2.75, 3.05) is 12.4 Å². The highest BCUT2D eigenvalue weighted by Crippen LogP contribution is 2.33. The molecule has 4 aromatic rings. The number of aryl methyl sites for hydroxylation is 1. The van der Waals surface area contributed by atoms with E-state index in [4.69, 9.17) is 26.3 Å². The van der Waals surface area contributed by atoms with Gasteiger partial charge in [-0.1, -0.05) is 23.7 Å². The molecule has 0 radical (unpaired) electrons. The molecule has 0 saturated heterocycles. The number of hydrogen-bond donors (Lipinski definition) is 1. The molecule has 0 spiro atoms. The van der Waals surface area contributed by atoms with Crippen LogP contribution < -0.4 is 14.8 Å². The maximum Gasteiger partial charge on any atom is 0.260 e. The molecule has 0 aliphatic carbocycles. The minimum atomic E-state index is -0.403. The van der Waals surface area contributed by atoms with Gasteiger partial charge < -0.3 is 14.8 Å². The second-order valence-corrected chi connectivity index (χ2v) is 7.95. The predicted octanol–water partition coefficient (Wildman–Crippen LogP) is 5.96. The van der Waals surface area contributed by atoms with Crippen LogP contribution in [0.4, 0.5) is 10.1 Å². The molecule has 0 unspecified atom stereocenters. The number of methoxy groups -OCH3 is 1. The smallest absolute Gasteiger partial charge is 0.260 e. The summed E-state index contributed by atoms with van der Waals surface area (Å²) in [5, 5.41) is 16.4. The summed E-state index contributed by atoms with van der Waals surface area (Å²) in [5.74, 6) is 0.681. The zero-order valence-corrected chi connectivity index (χ0v) is 19.6. The quantitative estimate of drug-likeness (QED) is 0.345. The van der Waals surface area contributed by atoms with Gasteiger partial charge >= 0.3 is 0 Å². The average Bonchev–Trinajstić information content (AvgIpc) is 3.14. The summed E-state index contributed by atoms with van der Waals surface area (Å²) in [4.78, 5) is 12.9. The lowest BCUT2D eigenvalue weighted by Crippen LogP contribution is -2.13. The van der Waals surface area contributed by atoms with Crippen LogP contribution >= 0.6 is 11.6 Å². The number of aromatic nitrogens is 2. The van der Waals surface area contributed by atoms with E-state index in [0.717, 1.165) is 5.56 Å². The van der Waals surface area contributed by atoms with Crippen molar-refractivity contribution in [3.05, 3.63) is 100 Å². The van der Waals surface area contributed by atoms with Crippen LogP contribution in [-0.4, -0.2) is 22.8 Å². The number of anilines is 1. The van der Waals surface area contributed by atoms with E-state index < -0.39 is 5.91 Å². The maximum absolute atomic E-state index is 13.2. The van der Waals surface area contributed by atoms with Crippen molar-refractivity contribution in [2.45, 2.75) is 13.5 Å². The number of carbonyl (C=O) groups is 1. The van der Waals surface area contributed by atoms with Crippen molar-refractivity contribution in [3.8, 4) is 23.3 Å². The summed E-state index contributed by atoms with van der Waals surface area (Å²) in [5.41, 5.74) is 2.54. The third-order valence-corrected chi connectivity index (χ3v) is 5.55. The first kappa shape index (κ1) is 23.8. The standard InChI is InChI=1S/C26H20ClFN4O3/c1-16-24(25(27)32(31-16)15-17-3-6-19(28)7-4-17)26(33)30-20-8-10-21(11-9-20)35-22-12-5-18(14-29)13-23(22)34-2/h3-13H,15H2,1-2H3,(H,30,33). The van der Waals surface area contributed by atoms with Crippen LogP contribution in [-0.2, 0) is 6.54 Å². The van der Waals surface area contributed by atoms with E-state index in [1.807, 2.05) is 0 Å². The largest absolute Gasteiger partial charge is 0.493 e. The summed E-state index contributed by atoms with van der Waals surface area (Å²) in [6.45, 7) is 2.00. The Morgan fingerprint density at radius 3 is 2.49 bits per heavy atom. The lowest BCUT2D eigenvalue weighted by Gasteiger charge is -2.11. The van der Waals surface area contributed by atoms with Gasteiger partial charge in [-0.05, 0) is 61.0 Å². The number of rotatable bonds is 7. The molecule has 0 aliphatic heterocycles. The highest BCUT2D eigenvalue weighted by Gasteiger charge is 2.21. The van der Waals surface area contributed by atoms with E-state index in [0.29, 0.717) is 40.7 Å². The summed E-state index contributed by atoms with van der Waals surface area (Å²) < 4.78 is 25.8. The first-order valence-electron chi connectivity index (χ1n) is 10.5. The summed E-state index contributed by atoms with van der Waals surface area (Å²) >= 11 is 6.45. The Balaban J connectivity index is 1.46. The van der Waals surface area contributed by atoms with Gasteiger partial charge in [0.05, 0.1) is 36.5 Å². The molecule has 176 valence electrons. The molecule has 9 heteroatoms. The van der Waals surface area contributed by atoms with Gasteiger partial charge in [0.15, 0.2) is 11.5 Å². The molecule has 0 atom stereocenters. The highest BCUT2D eigenvalue weighted by atomic mass is 35.5. The van der Waals surface area contributed by atoms with E-state index >= 15 is 0 Å². The topological polar surface area (TPSA) is 89.2 Å². The summed E-state index contributed by atoms with van der Waals surface area (Å²) in [6.07, 6.45) is 0. The fraction of sp³-hybridized carbons (Fsp3) is 0.115. The normalized spacial score (nSPS) is 10.5. The van der Waals surface area contributed by atoms with Gasteiger partial charge in [0.25, 0.3) is 5.91 Å². The molecule has 1 amide bonds. The minimum absolute atomic E-state index is 0.192. The van der Waals surface area contributed by atoms with Crippen LogP contribution in [0.2, 0.25) is 5.15 Å². The number of nitrogens with one attached hydrogen (secondary N) is 1. The highest BCUT2D eigenvalue weighted by molar-refractivity contribution is 6.33. The molecule has 3 aromatic carbocycles. The van der Waals surface area contributed by atoms with Crippen LogP contribution in [0.5, 0.6) is 17.2 Å². The molecular formula is C26H20ClFN4O3. The van der Waals surface area contributed by atoms with Crippen molar-refractivity contribution >= 4 is 23.2 Å². The molecule has 35 heavy (non-hydrogen) atoms. The number of carbonyl (C=O) groups excluding carboxylic acids is 1. The van der Waals surface area contributed by atoms with Gasteiger partial charge in [-0.3, -0.25) is 4.79 Å². The Hall–Kier alpha value is -4.35. The van der Waals surface area contributed by atoms with Gasteiger partial charge in [0, 0.05) is 11.8 Å². The second kappa shape index (κ2) is 10.3. The van der Waals surface area contributed by atoms with Gasteiger partial charge in [-0.25, -0.2) is 9.07 Å². The fourth-order valence-electron chi connectivity index (χ4n) is 3.43. The SMILES string of the molecule is COc1cc(C#N)ccc1Oc1ccc(NC(=O)c2c(C)nn(Cc3ccc(F)cc3)c2Cl)cc1. The lowest BCUT2D eigenvalue weighted by atomic mass is 10.2. The van der Waals surface area contributed by atoms with E-state index in [-0.39, 0.29) is 16.5 Å². The van der Waals surface area contributed by atoms with Gasteiger partial charge in [0.2, 0.25) is 0 Å². The molecular weight excluding hydrogens is 471 g/mol. The molecule has 0 fully saturated rings. The molecule has 0 saturated carbocycles. The van der Waals surface area contributed by atoms with Crippen molar-refractivity contribution < 1.29 is 18.7 Å². The molecule has 4 rings (SSSR count). The number of nitrogens with zero attached hydrogens (tertiary/aromatic N) is 3. The molecule has 7 nitrogen and oxygen atoms in total. The van der Waals surface area contributed by atoms with Gasteiger partial charge in [0.1, 0.15) is 16.7 Å². The summed E-state index contributed by atoms with van der Waals surface area (Å²) in [7, 11) is 1.50. The van der Waals surface area contributed by atoms with E-state index in [2.05, 4.69) is 16.5 Å². The number of halogens is 2. The van der Waals surface area contributed by atoms with Gasteiger partial charge in [-0.2, -0.15) is 10.4 Å². The Morgan fingerprint density at radius 1 is 1.11 bits per heavy atom. The zero-order valence-electron chi connectivity index (χ0n) is 18.9. The van der Waals surface area contributed by atoms with E-state index in [9.17, 15) is 9.18 Å². The van der Waals surface area contributed by atoms with Crippen LogP contribution in [0.15, 0.2) is 66.7 Å². The van der Waals surface area contributed by atoms with Crippen molar-refractivity contribution in [2.24, 2.45) is 0 Å². The fourth-order valence-corrected chi connectivity index (χ4v) is 3.75. The number of nitriles is 1. The Morgan fingerprint density at radius 2 is 1.83 bits per heavy atom. The summed E-state index contributed by atoms with van der Waals surface area (Å²) in [6, 6.07) is 19.7. The van der Waals surface area contributed by atoms with Crippen LogP contribution in [0.3, 0.4) is 0 Å². The third-order valence-electron chi connectivity index (χ3n) is 5.17. The lowest BCUT2D eigenvalue weighted by molar-refractivity contribution is 0.102. The van der Waals surface area contributed by atoms with Crippen molar-refractivity contribution in [1.29, 1.82) is 5.26 Å². The van der Waals surface area contributed by atoms with E-state index in [1.165, 1.54) is 23.9 Å². The first-order valence-corrected chi connectivity index (χ1v) is 10.9. The number of ether oxygens (including phenoxy) is 2. The monoisotopic (exact) mass is 490 g/mol. The number of hydrogen-bond acceptors (Lipinski definition) is 5. The predicted molar refractivity (Wildman–Crippen MR) is 130 cm³/mol. The average molecular weight is 491 g/mol. The molecule has 0 bridgehead atoms. The van der Waals surface area contributed by atoms with Crippen LogP contribution in [0, 0.1) is 24.1 Å². The van der Waals surface area contributed by atoms with Crippen molar-refractivity contribution in [3.63, 3.8) is 0 Å². The molecule has 1 aromatic heterocycles. The maximum atomic E-state index is 13.2. The van der Waals surface area contributed by atoms with Crippen LogP contribution in [0.25, 0.3) is 0 Å². The Labute approximate surface area is 206 Å². The van der Waals surface area contributed by atoms with Crippen LogP contribution in [0.1, 0.15) is 27.2 Å². The molecule has 1 heterocycles. The molecule has 1 N–H and O–H groups in total. The van der Waals surface area contributed by atoms with E-state index in [1.54, 1.807) is 61.5 Å². The number of benzene rings is 3. The third kappa shape index (κ3) is 5.42. The Kier molecular flexibility index (Phi) is 6.99. The van der Waals surface area contributed by atoms with Crippen molar-refractivity contribution in [1.82, 2.24) is 9.78 Å². The number of amides is 1.